The number of piperidine rings is 1. The van der Waals surface area contributed by atoms with Crippen molar-refractivity contribution < 1.29 is 4.84 Å². The summed E-state index contributed by atoms with van der Waals surface area (Å²) < 4.78 is 0. The molecule has 1 atom stereocenters. The number of hydrogen-bond donors (Lipinski definition) is 1. The summed E-state index contributed by atoms with van der Waals surface area (Å²) in [6, 6.07) is 10.7. The van der Waals surface area contributed by atoms with E-state index in [1.54, 1.807) is 0 Å². The van der Waals surface area contributed by atoms with Crippen LogP contribution in [-0.4, -0.2) is 31.1 Å². The molecule has 1 unspecified atom stereocenters. The fraction of sp³-hybridized carbons (Fsp3) is 0.538. The van der Waals surface area contributed by atoms with Crippen LogP contribution in [0.25, 0.3) is 0 Å². The zero-order valence-electron chi connectivity index (χ0n) is 9.86. The molecule has 88 valence electrons. The van der Waals surface area contributed by atoms with Crippen molar-refractivity contribution in [2.45, 2.75) is 25.5 Å². The Bertz CT molecular complexity index is 302. The quantitative estimate of drug-likeness (QED) is 0.783. The van der Waals surface area contributed by atoms with Crippen molar-refractivity contribution in [2.24, 2.45) is 0 Å². The van der Waals surface area contributed by atoms with Crippen LogP contribution in [0, 0.1) is 0 Å². The van der Waals surface area contributed by atoms with E-state index in [0.29, 0.717) is 12.6 Å². The molecule has 1 saturated heterocycles. The molecular formula is C13H20N2O. The Morgan fingerprint density at radius 1 is 1.38 bits per heavy atom. The third-order valence-electron chi connectivity index (χ3n) is 2.96. The van der Waals surface area contributed by atoms with Gasteiger partial charge in [0.2, 0.25) is 0 Å². The Morgan fingerprint density at radius 2 is 2.19 bits per heavy atom. The van der Waals surface area contributed by atoms with Gasteiger partial charge in [0, 0.05) is 12.6 Å². The van der Waals surface area contributed by atoms with Crippen molar-refractivity contribution >= 4 is 0 Å². The molecule has 0 radical (unpaired) electrons. The van der Waals surface area contributed by atoms with Crippen LogP contribution in [-0.2, 0) is 11.4 Å². The van der Waals surface area contributed by atoms with Crippen molar-refractivity contribution in [1.29, 1.82) is 0 Å². The molecule has 3 nitrogen and oxygen atoms in total. The van der Waals surface area contributed by atoms with Crippen molar-refractivity contribution in [3.8, 4) is 0 Å². The van der Waals surface area contributed by atoms with Gasteiger partial charge >= 0.3 is 0 Å². The maximum Gasteiger partial charge on any atom is 0.0933 e. The molecule has 0 amide bonds. The zero-order chi connectivity index (χ0) is 11.2. The molecule has 1 fully saturated rings. The highest BCUT2D eigenvalue weighted by Crippen LogP contribution is 2.08. The number of hydroxylamine groups is 1. The van der Waals surface area contributed by atoms with Crippen molar-refractivity contribution in [1.82, 2.24) is 10.4 Å². The summed E-state index contributed by atoms with van der Waals surface area (Å²) in [5.74, 6) is 0. The van der Waals surface area contributed by atoms with E-state index in [0.717, 1.165) is 6.54 Å². The minimum atomic E-state index is 0.475. The molecule has 2 rings (SSSR count). The van der Waals surface area contributed by atoms with Gasteiger partial charge in [-0.25, -0.2) is 0 Å². The van der Waals surface area contributed by atoms with Gasteiger partial charge in [0.05, 0.1) is 6.61 Å². The van der Waals surface area contributed by atoms with Gasteiger partial charge in [0.25, 0.3) is 0 Å². The van der Waals surface area contributed by atoms with Gasteiger partial charge in [-0.05, 0) is 32.0 Å². The van der Waals surface area contributed by atoms with E-state index in [4.69, 9.17) is 4.84 Å². The Hall–Kier alpha value is -0.900. The lowest BCUT2D eigenvalue weighted by molar-refractivity contribution is -0.0122. The van der Waals surface area contributed by atoms with Gasteiger partial charge in [0.15, 0.2) is 0 Å². The van der Waals surface area contributed by atoms with Crippen LogP contribution in [0.2, 0.25) is 0 Å². The highest BCUT2D eigenvalue weighted by atomic mass is 16.6. The maximum atomic E-state index is 5.53. The zero-order valence-corrected chi connectivity index (χ0v) is 9.86. The van der Waals surface area contributed by atoms with Gasteiger partial charge in [-0.1, -0.05) is 30.3 Å². The standard InChI is InChI=1S/C13H20N2O/c1-15-9-5-8-13(10-15)14-16-11-12-6-3-2-4-7-12/h2-4,6-7,13-14H,5,8-11H2,1H3. The van der Waals surface area contributed by atoms with E-state index in [1.807, 2.05) is 18.2 Å². The highest BCUT2D eigenvalue weighted by Gasteiger charge is 2.16. The first-order valence-electron chi connectivity index (χ1n) is 5.94. The lowest BCUT2D eigenvalue weighted by Gasteiger charge is -2.29. The average molecular weight is 220 g/mol. The second kappa shape index (κ2) is 5.99. The fourth-order valence-corrected chi connectivity index (χ4v) is 2.08. The third kappa shape index (κ3) is 3.59. The molecule has 0 aromatic heterocycles. The lowest BCUT2D eigenvalue weighted by atomic mass is 10.1. The summed E-state index contributed by atoms with van der Waals surface area (Å²) in [5.41, 5.74) is 4.37. The predicted molar refractivity (Wildman–Crippen MR) is 64.9 cm³/mol. The molecule has 1 N–H and O–H groups in total. The summed E-state index contributed by atoms with van der Waals surface area (Å²) in [6.45, 7) is 2.92. The largest absolute Gasteiger partial charge is 0.305 e. The molecule has 0 bridgehead atoms. The van der Waals surface area contributed by atoms with E-state index in [-0.39, 0.29) is 0 Å². The van der Waals surface area contributed by atoms with Crippen LogP contribution in [0.15, 0.2) is 30.3 Å². The number of likely N-dealkylation sites (tertiary alicyclic amines) is 1. The van der Waals surface area contributed by atoms with Crippen LogP contribution in [0.1, 0.15) is 18.4 Å². The average Bonchev–Trinajstić information content (AvgIpc) is 2.30. The van der Waals surface area contributed by atoms with E-state index in [1.165, 1.54) is 24.9 Å². The molecular weight excluding hydrogens is 200 g/mol. The second-order valence-corrected chi connectivity index (χ2v) is 4.49. The number of rotatable bonds is 4. The summed E-state index contributed by atoms with van der Waals surface area (Å²) in [4.78, 5) is 7.87. The Labute approximate surface area is 97.4 Å². The van der Waals surface area contributed by atoms with Gasteiger partial charge in [-0.15, -0.1) is 0 Å². The fourth-order valence-electron chi connectivity index (χ4n) is 2.08. The van der Waals surface area contributed by atoms with Gasteiger partial charge in [0.1, 0.15) is 0 Å². The molecule has 1 aliphatic heterocycles. The molecule has 0 saturated carbocycles. The van der Waals surface area contributed by atoms with E-state index in [9.17, 15) is 0 Å². The smallest absolute Gasteiger partial charge is 0.0933 e. The molecule has 0 aliphatic carbocycles. The van der Waals surface area contributed by atoms with E-state index >= 15 is 0 Å². The van der Waals surface area contributed by atoms with Crippen LogP contribution in [0.3, 0.4) is 0 Å². The van der Waals surface area contributed by atoms with Crippen LogP contribution in [0.4, 0.5) is 0 Å². The summed E-state index contributed by atoms with van der Waals surface area (Å²) in [5, 5.41) is 0. The normalized spacial score (nSPS) is 22.2. The predicted octanol–water partition coefficient (Wildman–Crippen LogP) is 1.80. The summed E-state index contributed by atoms with van der Waals surface area (Å²) >= 11 is 0. The van der Waals surface area contributed by atoms with Gasteiger partial charge in [-0.3, -0.25) is 4.84 Å². The number of benzene rings is 1. The first-order chi connectivity index (χ1) is 7.84. The molecule has 0 spiro atoms. The summed E-state index contributed by atoms with van der Waals surface area (Å²) in [6.07, 6.45) is 2.46. The van der Waals surface area contributed by atoms with Crippen LogP contribution >= 0.6 is 0 Å². The minimum absolute atomic E-state index is 0.475. The van der Waals surface area contributed by atoms with Crippen molar-refractivity contribution in [2.75, 3.05) is 20.1 Å². The first-order valence-corrected chi connectivity index (χ1v) is 5.94. The van der Waals surface area contributed by atoms with E-state index < -0.39 is 0 Å². The number of nitrogens with zero attached hydrogens (tertiary/aromatic N) is 1. The van der Waals surface area contributed by atoms with Crippen molar-refractivity contribution in [3.63, 3.8) is 0 Å². The molecule has 1 aromatic rings. The lowest BCUT2D eigenvalue weighted by Crippen LogP contribution is -2.43. The molecule has 16 heavy (non-hydrogen) atoms. The number of likely N-dealkylation sites (N-methyl/N-ethyl adjacent to an activating group) is 1. The van der Waals surface area contributed by atoms with Crippen LogP contribution in [0.5, 0.6) is 0 Å². The number of hydrogen-bond acceptors (Lipinski definition) is 3. The number of nitrogens with one attached hydrogen (secondary N) is 1. The van der Waals surface area contributed by atoms with Gasteiger partial charge < -0.3 is 4.90 Å². The van der Waals surface area contributed by atoms with Crippen LogP contribution < -0.4 is 5.48 Å². The summed E-state index contributed by atoms with van der Waals surface area (Å²) in [7, 11) is 2.16. The first kappa shape index (κ1) is 11.6. The van der Waals surface area contributed by atoms with E-state index in [2.05, 4.69) is 29.6 Å². The molecule has 1 aromatic carbocycles. The second-order valence-electron chi connectivity index (χ2n) is 4.49. The molecule has 3 heteroatoms. The topological polar surface area (TPSA) is 24.5 Å². The third-order valence-corrected chi connectivity index (χ3v) is 2.96. The van der Waals surface area contributed by atoms with Crippen molar-refractivity contribution in [3.05, 3.63) is 35.9 Å². The maximum absolute atomic E-state index is 5.53. The SMILES string of the molecule is CN1CCCC(NOCc2ccccc2)C1. The highest BCUT2D eigenvalue weighted by molar-refractivity contribution is 5.13. The van der Waals surface area contributed by atoms with Gasteiger partial charge in [-0.2, -0.15) is 5.48 Å². The Kier molecular flexibility index (Phi) is 4.34. The monoisotopic (exact) mass is 220 g/mol. The Balaban J connectivity index is 1.68. The molecule has 1 heterocycles. The minimum Gasteiger partial charge on any atom is -0.305 e. The Morgan fingerprint density at radius 3 is 2.94 bits per heavy atom. The molecule has 1 aliphatic rings.